The van der Waals surface area contributed by atoms with E-state index in [1.54, 1.807) is 18.2 Å². The van der Waals surface area contributed by atoms with Gasteiger partial charge in [0.15, 0.2) is 0 Å². The Morgan fingerprint density at radius 1 is 1.06 bits per heavy atom. The molecule has 0 aliphatic carbocycles. The Morgan fingerprint density at radius 3 is 2.58 bits per heavy atom. The van der Waals surface area contributed by atoms with Gasteiger partial charge >= 0.3 is 6.18 Å². The number of pyridine rings is 1. The fraction of sp³-hybridized carbons (Fsp3) is 0.333. The number of aromatic nitrogens is 1. The number of hydrogen-bond donors (Lipinski definition) is 1. The van der Waals surface area contributed by atoms with E-state index < -0.39 is 11.7 Å². The highest BCUT2D eigenvalue weighted by atomic mass is 19.4. The van der Waals surface area contributed by atoms with E-state index in [0.717, 1.165) is 50.0 Å². The van der Waals surface area contributed by atoms with Crippen molar-refractivity contribution >= 4 is 28.2 Å². The monoisotopic (exact) mass is 427 g/mol. The zero-order valence-corrected chi connectivity index (χ0v) is 17.2. The Balaban J connectivity index is 1.54. The third-order valence-electron chi connectivity index (χ3n) is 5.79. The van der Waals surface area contributed by atoms with Crippen LogP contribution in [0.4, 0.5) is 24.5 Å². The molecule has 1 N–H and O–H groups in total. The normalized spacial score (nSPS) is 17.4. The first-order valence-electron chi connectivity index (χ1n) is 10.5. The van der Waals surface area contributed by atoms with Crippen LogP contribution in [0.2, 0.25) is 0 Å². The molecule has 7 heteroatoms. The lowest BCUT2D eigenvalue weighted by Crippen LogP contribution is -2.38. The Morgan fingerprint density at radius 2 is 1.84 bits per heavy atom. The first-order valence-corrected chi connectivity index (χ1v) is 10.5. The maximum atomic E-state index is 13.0. The number of hydrogen-bond acceptors (Lipinski definition) is 3. The van der Waals surface area contributed by atoms with Gasteiger partial charge < -0.3 is 10.2 Å². The van der Waals surface area contributed by atoms with Gasteiger partial charge in [-0.1, -0.05) is 18.9 Å². The second-order valence-corrected chi connectivity index (χ2v) is 7.99. The van der Waals surface area contributed by atoms with Crippen molar-refractivity contribution in [3.05, 3.63) is 65.9 Å². The van der Waals surface area contributed by atoms with Crippen LogP contribution < -0.4 is 5.32 Å². The average molecular weight is 427 g/mol. The number of amides is 1. The molecule has 1 saturated heterocycles. The predicted octanol–water partition coefficient (Wildman–Crippen LogP) is 6.40. The van der Waals surface area contributed by atoms with Crippen molar-refractivity contribution in [2.75, 3.05) is 11.9 Å². The van der Waals surface area contributed by atoms with Gasteiger partial charge in [0, 0.05) is 41.1 Å². The molecule has 1 amide bonds. The maximum Gasteiger partial charge on any atom is 0.416 e. The molecule has 1 atom stereocenters. The smallest absolute Gasteiger partial charge is 0.355 e. The molecule has 4 nitrogen and oxygen atoms in total. The molecular weight excluding hydrogens is 403 g/mol. The second-order valence-electron chi connectivity index (χ2n) is 7.99. The van der Waals surface area contributed by atoms with E-state index in [4.69, 9.17) is 0 Å². The quantitative estimate of drug-likeness (QED) is 0.526. The number of anilines is 2. The summed E-state index contributed by atoms with van der Waals surface area (Å²) in [4.78, 5) is 18.9. The zero-order chi connectivity index (χ0) is 22.0. The van der Waals surface area contributed by atoms with Gasteiger partial charge in [-0.05, 0) is 62.2 Å². The number of nitrogens with one attached hydrogen (secondary N) is 1. The summed E-state index contributed by atoms with van der Waals surface area (Å²) >= 11 is 0. The highest BCUT2D eigenvalue weighted by Crippen LogP contribution is 2.33. The standard InChI is InChI=1S/C24H24F3N3O/c1-16-5-3-2-4-14-30(16)23(31)17-6-9-19(10-7-17)29-21-12-13-28-22-15-18(24(25,26)27)8-11-20(21)22/h6-13,15-16H,2-5,14H2,1H3,(H,28,29). The molecule has 162 valence electrons. The number of benzene rings is 2. The number of carbonyl (C=O) groups is 1. The molecule has 2 heterocycles. The summed E-state index contributed by atoms with van der Waals surface area (Å²) < 4.78 is 38.9. The average Bonchev–Trinajstić information content (AvgIpc) is 2.97. The molecule has 31 heavy (non-hydrogen) atoms. The number of fused-ring (bicyclic) bond motifs is 1. The summed E-state index contributed by atoms with van der Waals surface area (Å²) in [5, 5.41) is 3.82. The van der Waals surface area contributed by atoms with Crippen molar-refractivity contribution in [2.24, 2.45) is 0 Å². The Labute approximate surface area is 179 Å². The van der Waals surface area contributed by atoms with Crippen molar-refractivity contribution in [1.82, 2.24) is 9.88 Å². The van der Waals surface area contributed by atoms with E-state index in [9.17, 15) is 18.0 Å². The van der Waals surface area contributed by atoms with Crippen molar-refractivity contribution in [3.63, 3.8) is 0 Å². The molecule has 4 rings (SSSR count). The van der Waals surface area contributed by atoms with Gasteiger partial charge in [-0.3, -0.25) is 9.78 Å². The summed E-state index contributed by atoms with van der Waals surface area (Å²) in [6.45, 7) is 2.88. The van der Waals surface area contributed by atoms with Crippen molar-refractivity contribution < 1.29 is 18.0 Å². The van der Waals surface area contributed by atoms with Gasteiger partial charge in [0.25, 0.3) is 5.91 Å². The molecule has 0 radical (unpaired) electrons. The highest BCUT2D eigenvalue weighted by molar-refractivity contribution is 5.96. The van der Waals surface area contributed by atoms with Crippen LogP contribution in [0.3, 0.4) is 0 Å². The minimum absolute atomic E-state index is 0.0370. The summed E-state index contributed by atoms with van der Waals surface area (Å²) in [6.07, 6.45) is 1.42. The summed E-state index contributed by atoms with van der Waals surface area (Å²) in [6, 6.07) is 12.7. The molecule has 0 saturated carbocycles. The molecule has 1 aliphatic rings. The summed E-state index contributed by atoms with van der Waals surface area (Å²) in [5.74, 6) is 0.0370. The molecule has 2 aromatic carbocycles. The van der Waals surface area contributed by atoms with Gasteiger partial charge in [-0.15, -0.1) is 0 Å². The van der Waals surface area contributed by atoms with Crippen LogP contribution >= 0.6 is 0 Å². The minimum Gasteiger partial charge on any atom is -0.355 e. The van der Waals surface area contributed by atoms with Crippen LogP contribution in [-0.2, 0) is 6.18 Å². The molecule has 0 bridgehead atoms. The predicted molar refractivity (Wildman–Crippen MR) is 115 cm³/mol. The van der Waals surface area contributed by atoms with E-state index in [1.807, 2.05) is 17.0 Å². The Kier molecular flexibility index (Phi) is 5.85. The molecule has 1 fully saturated rings. The van der Waals surface area contributed by atoms with E-state index >= 15 is 0 Å². The third-order valence-corrected chi connectivity index (χ3v) is 5.79. The molecule has 0 spiro atoms. The fourth-order valence-corrected chi connectivity index (χ4v) is 4.03. The number of halogens is 3. The highest BCUT2D eigenvalue weighted by Gasteiger charge is 2.30. The van der Waals surface area contributed by atoms with E-state index in [0.29, 0.717) is 16.6 Å². The van der Waals surface area contributed by atoms with E-state index in [-0.39, 0.29) is 17.5 Å². The molecule has 1 unspecified atom stereocenters. The number of carbonyl (C=O) groups excluding carboxylic acids is 1. The zero-order valence-electron chi connectivity index (χ0n) is 17.2. The Hall–Kier alpha value is -3.09. The second kappa shape index (κ2) is 8.57. The van der Waals surface area contributed by atoms with Crippen LogP contribution in [-0.4, -0.2) is 28.4 Å². The van der Waals surface area contributed by atoms with Gasteiger partial charge in [0.1, 0.15) is 0 Å². The van der Waals surface area contributed by atoms with Gasteiger partial charge in [0.2, 0.25) is 0 Å². The molecule has 1 aliphatic heterocycles. The summed E-state index contributed by atoms with van der Waals surface area (Å²) in [7, 11) is 0. The molecular formula is C24H24F3N3O. The lowest BCUT2D eigenvalue weighted by atomic mass is 10.1. The van der Waals surface area contributed by atoms with Crippen LogP contribution in [0.25, 0.3) is 10.9 Å². The first kappa shape index (κ1) is 21.2. The third kappa shape index (κ3) is 4.65. The minimum atomic E-state index is -4.41. The van der Waals surface area contributed by atoms with E-state index in [1.165, 1.54) is 12.3 Å². The van der Waals surface area contributed by atoms with Gasteiger partial charge in [-0.25, -0.2) is 0 Å². The van der Waals surface area contributed by atoms with E-state index in [2.05, 4.69) is 17.2 Å². The van der Waals surface area contributed by atoms with Crippen molar-refractivity contribution in [1.29, 1.82) is 0 Å². The van der Waals surface area contributed by atoms with Crippen LogP contribution in [0.5, 0.6) is 0 Å². The maximum absolute atomic E-state index is 13.0. The number of nitrogens with zero attached hydrogens (tertiary/aromatic N) is 2. The first-order chi connectivity index (χ1) is 14.8. The van der Waals surface area contributed by atoms with Crippen LogP contribution in [0.1, 0.15) is 48.5 Å². The molecule has 1 aromatic heterocycles. The lowest BCUT2D eigenvalue weighted by molar-refractivity contribution is -0.137. The number of alkyl halides is 3. The molecule has 3 aromatic rings. The SMILES string of the molecule is CC1CCCCCN1C(=O)c1ccc(Nc2ccnc3cc(C(F)(F)F)ccc23)cc1. The van der Waals surface area contributed by atoms with Crippen molar-refractivity contribution in [2.45, 2.75) is 44.8 Å². The lowest BCUT2D eigenvalue weighted by Gasteiger charge is -2.27. The van der Waals surface area contributed by atoms with Crippen LogP contribution in [0, 0.1) is 0 Å². The number of rotatable bonds is 3. The largest absolute Gasteiger partial charge is 0.416 e. The van der Waals surface area contributed by atoms with Crippen molar-refractivity contribution in [3.8, 4) is 0 Å². The Bertz CT molecular complexity index is 1080. The fourth-order valence-electron chi connectivity index (χ4n) is 4.03. The van der Waals surface area contributed by atoms with Gasteiger partial charge in [-0.2, -0.15) is 13.2 Å². The summed E-state index contributed by atoms with van der Waals surface area (Å²) in [5.41, 5.74) is 1.57. The van der Waals surface area contributed by atoms with Gasteiger partial charge in [0.05, 0.1) is 11.1 Å². The topological polar surface area (TPSA) is 45.2 Å². The van der Waals surface area contributed by atoms with Crippen LogP contribution in [0.15, 0.2) is 54.7 Å². The number of likely N-dealkylation sites (tertiary alicyclic amines) is 1.